The lowest BCUT2D eigenvalue weighted by molar-refractivity contribution is -0.384. The molecule has 0 spiro atoms. The minimum Gasteiger partial charge on any atom is -0.360 e. The fourth-order valence-electron chi connectivity index (χ4n) is 1.82. The number of aryl methyl sites for hydroxylation is 1. The third-order valence-electron chi connectivity index (χ3n) is 2.94. The molecule has 1 aromatic heterocycles. The van der Waals surface area contributed by atoms with Crippen molar-refractivity contribution in [2.45, 2.75) is 38.3 Å². The molecule has 0 radical (unpaired) electrons. The van der Waals surface area contributed by atoms with Gasteiger partial charge in [-0.15, -0.1) is 0 Å². The van der Waals surface area contributed by atoms with Crippen molar-refractivity contribution in [1.29, 1.82) is 0 Å². The van der Waals surface area contributed by atoms with Gasteiger partial charge in [0.05, 0.1) is 4.92 Å². The van der Waals surface area contributed by atoms with Crippen molar-refractivity contribution in [1.82, 2.24) is 9.78 Å². The zero-order chi connectivity index (χ0) is 12.7. The fourth-order valence-corrected chi connectivity index (χ4v) is 1.82. The second kappa shape index (κ2) is 3.99. The highest BCUT2D eigenvalue weighted by Gasteiger charge is 2.37. The lowest BCUT2D eigenvalue weighted by Gasteiger charge is -2.04. The highest BCUT2D eigenvalue weighted by atomic mass is 16.6. The summed E-state index contributed by atoms with van der Waals surface area (Å²) in [5.41, 5.74) is 6.27. The fraction of sp³-hybridized carbons (Fsp3) is 0.700. The Balaban J connectivity index is 2.38. The Bertz CT molecular complexity index is 454. The van der Waals surface area contributed by atoms with Crippen LogP contribution in [0.25, 0.3) is 0 Å². The standard InChI is InChI=1S/C10H17N5O2/c1-5(2)8-9(15(16)17)10(14(3)13-8)12-7-4-6(7)11/h5-7,12H,4,11H2,1-3H3. The Morgan fingerprint density at radius 3 is 2.65 bits per heavy atom. The molecule has 1 aliphatic rings. The second-order valence-corrected chi connectivity index (χ2v) is 4.77. The van der Waals surface area contributed by atoms with E-state index in [0.29, 0.717) is 11.5 Å². The van der Waals surface area contributed by atoms with Crippen LogP contribution in [0.3, 0.4) is 0 Å². The van der Waals surface area contributed by atoms with Gasteiger partial charge in [-0.3, -0.25) is 10.1 Å². The molecule has 1 heterocycles. The smallest absolute Gasteiger partial charge is 0.334 e. The first-order valence-electron chi connectivity index (χ1n) is 5.65. The molecule has 1 fully saturated rings. The molecule has 0 aliphatic heterocycles. The Labute approximate surface area is 99.1 Å². The molecular formula is C10H17N5O2. The molecule has 1 aromatic rings. The zero-order valence-electron chi connectivity index (χ0n) is 10.2. The van der Waals surface area contributed by atoms with E-state index in [0.717, 1.165) is 6.42 Å². The maximum atomic E-state index is 11.1. The average molecular weight is 239 g/mol. The number of anilines is 1. The minimum atomic E-state index is -0.376. The van der Waals surface area contributed by atoms with Crippen LogP contribution >= 0.6 is 0 Å². The van der Waals surface area contributed by atoms with Crippen molar-refractivity contribution in [2.24, 2.45) is 12.8 Å². The number of nitrogens with two attached hydrogens (primary N) is 1. The zero-order valence-corrected chi connectivity index (χ0v) is 10.2. The van der Waals surface area contributed by atoms with Gasteiger partial charge in [0.15, 0.2) is 0 Å². The van der Waals surface area contributed by atoms with Gasteiger partial charge in [-0.2, -0.15) is 5.10 Å². The van der Waals surface area contributed by atoms with Crippen LogP contribution in [0.1, 0.15) is 31.9 Å². The van der Waals surface area contributed by atoms with Crippen LogP contribution in [0, 0.1) is 10.1 Å². The summed E-state index contributed by atoms with van der Waals surface area (Å²) in [6.45, 7) is 3.78. The monoisotopic (exact) mass is 239 g/mol. The summed E-state index contributed by atoms with van der Waals surface area (Å²) in [6, 6.07) is 0.219. The van der Waals surface area contributed by atoms with E-state index in [1.54, 1.807) is 7.05 Å². The quantitative estimate of drug-likeness (QED) is 0.602. The summed E-state index contributed by atoms with van der Waals surface area (Å²) < 4.78 is 1.53. The summed E-state index contributed by atoms with van der Waals surface area (Å²) in [5.74, 6) is 0.474. The molecule has 94 valence electrons. The van der Waals surface area contributed by atoms with Gasteiger partial charge in [0.25, 0.3) is 0 Å². The predicted octanol–water partition coefficient (Wildman–Crippen LogP) is 0.963. The van der Waals surface area contributed by atoms with E-state index < -0.39 is 0 Å². The van der Waals surface area contributed by atoms with Crippen LogP contribution < -0.4 is 11.1 Å². The van der Waals surface area contributed by atoms with E-state index in [4.69, 9.17) is 5.73 Å². The molecule has 7 nitrogen and oxygen atoms in total. The van der Waals surface area contributed by atoms with Gasteiger partial charge in [-0.05, 0) is 6.42 Å². The van der Waals surface area contributed by atoms with Crippen molar-refractivity contribution in [3.05, 3.63) is 15.8 Å². The van der Waals surface area contributed by atoms with E-state index >= 15 is 0 Å². The van der Waals surface area contributed by atoms with Crippen LogP contribution in [-0.2, 0) is 7.05 Å². The summed E-state index contributed by atoms with van der Waals surface area (Å²) in [7, 11) is 1.70. The Morgan fingerprint density at radius 2 is 2.24 bits per heavy atom. The summed E-state index contributed by atoms with van der Waals surface area (Å²) >= 11 is 0. The van der Waals surface area contributed by atoms with Gasteiger partial charge in [-0.1, -0.05) is 13.8 Å². The lowest BCUT2D eigenvalue weighted by Crippen LogP contribution is -2.15. The van der Waals surface area contributed by atoms with Crippen LogP contribution in [0.2, 0.25) is 0 Å². The van der Waals surface area contributed by atoms with Crippen LogP contribution in [0.15, 0.2) is 0 Å². The van der Waals surface area contributed by atoms with Crippen molar-refractivity contribution < 1.29 is 4.92 Å². The molecule has 7 heteroatoms. The van der Waals surface area contributed by atoms with E-state index in [1.807, 2.05) is 13.8 Å². The van der Waals surface area contributed by atoms with Gasteiger partial charge in [-0.25, -0.2) is 4.68 Å². The van der Waals surface area contributed by atoms with Crippen molar-refractivity contribution >= 4 is 11.5 Å². The van der Waals surface area contributed by atoms with Crippen LogP contribution in [-0.4, -0.2) is 26.8 Å². The number of aromatic nitrogens is 2. The van der Waals surface area contributed by atoms with Crippen molar-refractivity contribution in [3.63, 3.8) is 0 Å². The Hall–Kier alpha value is -1.63. The van der Waals surface area contributed by atoms with E-state index in [1.165, 1.54) is 4.68 Å². The first-order valence-corrected chi connectivity index (χ1v) is 5.65. The van der Waals surface area contributed by atoms with E-state index in [2.05, 4.69) is 10.4 Å². The normalized spacial score (nSPS) is 22.9. The molecular weight excluding hydrogens is 222 g/mol. The Morgan fingerprint density at radius 1 is 1.65 bits per heavy atom. The molecule has 17 heavy (non-hydrogen) atoms. The molecule has 3 N–H and O–H groups in total. The van der Waals surface area contributed by atoms with Crippen molar-refractivity contribution in [2.75, 3.05) is 5.32 Å². The van der Waals surface area contributed by atoms with Gasteiger partial charge in [0.1, 0.15) is 5.69 Å². The molecule has 0 aromatic carbocycles. The molecule has 2 unspecified atom stereocenters. The lowest BCUT2D eigenvalue weighted by atomic mass is 10.1. The molecule has 0 amide bonds. The number of hydrogen-bond acceptors (Lipinski definition) is 5. The van der Waals surface area contributed by atoms with Gasteiger partial charge in [0.2, 0.25) is 5.82 Å². The van der Waals surface area contributed by atoms with Crippen LogP contribution in [0.5, 0.6) is 0 Å². The summed E-state index contributed by atoms with van der Waals surface area (Å²) in [4.78, 5) is 10.7. The third-order valence-corrected chi connectivity index (χ3v) is 2.94. The number of hydrogen-bond donors (Lipinski definition) is 2. The first kappa shape index (κ1) is 11.8. The van der Waals surface area contributed by atoms with Gasteiger partial charge >= 0.3 is 5.69 Å². The average Bonchev–Trinajstić information content (AvgIpc) is 2.78. The van der Waals surface area contributed by atoms with Crippen molar-refractivity contribution in [3.8, 4) is 0 Å². The molecule has 1 saturated carbocycles. The molecule has 2 rings (SSSR count). The first-order chi connectivity index (χ1) is 7.91. The predicted molar refractivity (Wildman–Crippen MR) is 64.0 cm³/mol. The molecule has 1 aliphatic carbocycles. The van der Waals surface area contributed by atoms with E-state index in [9.17, 15) is 10.1 Å². The maximum absolute atomic E-state index is 11.1. The Kier molecular flexibility index (Phi) is 2.78. The maximum Gasteiger partial charge on any atom is 0.334 e. The highest BCUT2D eigenvalue weighted by molar-refractivity contribution is 5.61. The minimum absolute atomic E-state index is 0.0185. The topological polar surface area (TPSA) is 99.0 Å². The SMILES string of the molecule is CC(C)c1nn(C)c(NC2CC2N)c1[N+](=O)[O-]. The highest BCUT2D eigenvalue weighted by Crippen LogP contribution is 2.35. The number of rotatable bonds is 4. The number of nitrogens with zero attached hydrogens (tertiary/aromatic N) is 3. The molecule has 2 atom stereocenters. The number of nitrogens with one attached hydrogen (secondary N) is 1. The summed E-state index contributed by atoms with van der Waals surface area (Å²) in [5, 5.41) is 18.4. The molecule has 0 saturated heterocycles. The third kappa shape index (κ3) is 2.10. The van der Waals surface area contributed by atoms with E-state index in [-0.39, 0.29) is 28.6 Å². The summed E-state index contributed by atoms with van der Waals surface area (Å²) in [6.07, 6.45) is 0.847. The largest absolute Gasteiger partial charge is 0.360 e. The number of nitro groups is 1. The second-order valence-electron chi connectivity index (χ2n) is 4.77. The van der Waals surface area contributed by atoms with Crippen LogP contribution in [0.4, 0.5) is 11.5 Å². The van der Waals surface area contributed by atoms with Gasteiger partial charge in [0, 0.05) is 25.0 Å². The van der Waals surface area contributed by atoms with Gasteiger partial charge < -0.3 is 11.1 Å². The molecule has 0 bridgehead atoms.